The van der Waals surface area contributed by atoms with E-state index in [1.54, 1.807) is 0 Å². The fourth-order valence-corrected chi connectivity index (χ4v) is 4.21. The Balaban J connectivity index is 2.57. The van der Waals surface area contributed by atoms with Crippen molar-refractivity contribution >= 4 is 0 Å². The van der Waals surface area contributed by atoms with Gasteiger partial charge in [0.05, 0.1) is 0 Å². The number of benzene rings is 2. The Kier molecular flexibility index (Phi) is 8.41. The van der Waals surface area contributed by atoms with Crippen molar-refractivity contribution in [3.05, 3.63) is 57.6 Å². The van der Waals surface area contributed by atoms with Crippen molar-refractivity contribution < 1.29 is 10.2 Å². The van der Waals surface area contributed by atoms with Crippen molar-refractivity contribution in [2.75, 3.05) is 0 Å². The SMILES string of the molecule is CCCCc1cc(C(CCC)c2c(C)ccc(CCCC)c2O)c(C)cc1O. The zero-order valence-corrected chi connectivity index (χ0v) is 18.4. The second-order valence-corrected chi connectivity index (χ2v) is 8.19. The first-order valence-electron chi connectivity index (χ1n) is 11.1. The van der Waals surface area contributed by atoms with Crippen LogP contribution in [-0.2, 0) is 12.8 Å². The highest BCUT2D eigenvalue weighted by atomic mass is 16.3. The van der Waals surface area contributed by atoms with Gasteiger partial charge in [-0.05, 0) is 79.8 Å². The van der Waals surface area contributed by atoms with Crippen LogP contribution in [-0.4, -0.2) is 10.2 Å². The molecule has 0 aliphatic carbocycles. The largest absolute Gasteiger partial charge is 0.508 e. The van der Waals surface area contributed by atoms with Gasteiger partial charge in [-0.15, -0.1) is 0 Å². The van der Waals surface area contributed by atoms with Crippen LogP contribution in [0.2, 0.25) is 0 Å². The maximum absolute atomic E-state index is 11.2. The molecule has 2 heteroatoms. The second kappa shape index (κ2) is 10.5. The Morgan fingerprint density at radius 3 is 2.04 bits per heavy atom. The van der Waals surface area contributed by atoms with Crippen LogP contribution in [0, 0.1) is 13.8 Å². The van der Waals surface area contributed by atoms with Crippen LogP contribution in [0.5, 0.6) is 11.5 Å². The molecule has 0 saturated heterocycles. The number of phenols is 2. The smallest absolute Gasteiger partial charge is 0.122 e. The molecule has 0 radical (unpaired) electrons. The molecule has 0 spiro atoms. The van der Waals surface area contributed by atoms with E-state index in [0.29, 0.717) is 11.5 Å². The first-order valence-corrected chi connectivity index (χ1v) is 11.1. The van der Waals surface area contributed by atoms with Gasteiger partial charge in [-0.25, -0.2) is 0 Å². The lowest BCUT2D eigenvalue weighted by Gasteiger charge is -2.25. The van der Waals surface area contributed by atoms with Crippen LogP contribution < -0.4 is 0 Å². The van der Waals surface area contributed by atoms with E-state index in [9.17, 15) is 10.2 Å². The number of hydrogen-bond acceptors (Lipinski definition) is 2. The molecule has 2 aromatic carbocycles. The molecule has 0 amide bonds. The predicted octanol–water partition coefficient (Wildman–Crippen LogP) is 7.33. The van der Waals surface area contributed by atoms with Gasteiger partial charge in [0, 0.05) is 11.5 Å². The molecule has 0 bridgehead atoms. The summed E-state index contributed by atoms with van der Waals surface area (Å²) in [7, 11) is 0. The first-order chi connectivity index (χ1) is 13.4. The number of unbranched alkanes of at least 4 members (excludes halogenated alkanes) is 2. The summed E-state index contributed by atoms with van der Waals surface area (Å²) in [5, 5.41) is 21.6. The predicted molar refractivity (Wildman–Crippen MR) is 120 cm³/mol. The lowest BCUT2D eigenvalue weighted by Crippen LogP contribution is -2.08. The Morgan fingerprint density at radius 1 is 0.786 bits per heavy atom. The molecule has 0 saturated carbocycles. The van der Waals surface area contributed by atoms with Gasteiger partial charge in [-0.3, -0.25) is 0 Å². The number of hydrogen-bond donors (Lipinski definition) is 2. The number of rotatable bonds is 10. The first kappa shape index (κ1) is 22.3. The van der Waals surface area contributed by atoms with Gasteiger partial charge in [0.1, 0.15) is 11.5 Å². The van der Waals surface area contributed by atoms with Crippen LogP contribution in [0.1, 0.15) is 98.6 Å². The highest BCUT2D eigenvalue weighted by Crippen LogP contribution is 2.41. The van der Waals surface area contributed by atoms with Gasteiger partial charge >= 0.3 is 0 Å². The Morgan fingerprint density at radius 2 is 1.43 bits per heavy atom. The van der Waals surface area contributed by atoms with Crippen LogP contribution in [0.15, 0.2) is 24.3 Å². The Bertz CT molecular complexity index is 776. The van der Waals surface area contributed by atoms with Gasteiger partial charge in [-0.1, -0.05) is 58.2 Å². The minimum absolute atomic E-state index is 0.160. The van der Waals surface area contributed by atoms with Crippen molar-refractivity contribution in [2.45, 2.75) is 91.9 Å². The van der Waals surface area contributed by atoms with Gasteiger partial charge in [0.2, 0.25) is 0 Å². The van der Waals surface area contributed by atoms with Crippen LogP contribution in [0.4, 0.5) is 0 Å². The van der Waals surface area contributed by atoms with E-state index in [1.807, 2.05) is 6.07 Å². The molecule has 154 valence electrons. The lowest BCUT2D eigenvalue weighted by molar-refractivity contribution is 0.452. The summed E-state index contributed by atoms with van der Waals surface area (Å²) >= 11 is 0. The zero-order chi connectivity index (χ0) is 20.7. The molecule has 0 fully saturated rings. The molecule has 2 aromatic rings. The van der Waals surface area contributed by atoms with E-state index in [2.05, 4.69) is 52.8 Å². The molecule has 0 aliphatic rings. The quantitative estimate of drug-likeness (QED) is 0.451. The maximum atomic E-state index is 11.2. The number of phenolic OH excluding ortho intramolecular Hbond substituents is 2. The molecule has 2 nitrogen and oxygen atoms in total. The molecule has 1 unspecified atom stereocenters. The van der Waals surface area contributed by atoms with Crippen LogP contribution in [0.25, 0.3) is 0 Å². The van der Waals surface area contributed by atoms with Crippen molar-refractivity contribution in [1.29, 1.82) is 0 Å². The molecular weight excluding hydrogens is 344 g/mol. The highest BCUT2D eigenvalue weighted by Gasteiger charge is 2.23. The van der Waals surface area contributed by atoms with E-state index in [1.165, 1.54) is 5.56 Å². The molecule has 0 aliphatic heterocycles. The summed E-state index contributed by atoms with van der Waals surface area (Å²) in [5.41, 5.74) is 6.67. The molecule has 28 heavy (non-hydrogen) atoms. The third kappa shape index (κ3) is 5.10. The monoisotopic (exact) mass is 382 g/mol. The summed E-state index contributed by atoms with van der Waals surface area (Å²) in [6.07, 6.45) is 8.26. The minimum Gasteiger partial charge on any atom is -0.508 e. The molecule has 0 aromatic heterocycles. The van der Waals surface area contributed by atoms with E-state index >= 15 is 0 Å². The van der Waals surface area contributed by atoms with Crippen molar-refractivity contribution in [3.63, 3.8) is 0 Å². The summed E-state index contributed by atoms with van der Waals surface area (Å²) in [6, 6.07) is 8.36. The minimum atomic E-state index is 0.160. The maximum Gasteiger partial charge on any atom is 0.122 e. The van der Waals surface area contributed by atoms with Gasteiger partial charge < -0.3 is 10.2 Å². The summed E-state index contributed by atoms with van der Waals surface area (Å²) in [5.74, 6) is 1.05. The van der Waals surface area contributed by atoms with Gasteiger partial charge in [0.25, 0.3) is 0 Å². The topological polar surface area (TPSA) is 40.5 Å². The highest BCUT2D eigenvalue weighted by molar-refractivity contribution is 5.53. The van der Waals surface area contributed by atoms with Crippen molar-refractivity contribution in [1.82, 2.24) is 0 Å². The second-order valence-electron chi connectivity index (χ2n) is 8.19. The van der Waals surface area contributed by atoms with E-state index < -0.39 is 0 Å². The van der Waals surface area contributed by atoms with Crippen LogP contribution >= 0.6 is 0 Å². The summed E-state index contributed by atoms with van der Waals surface area (Å²) in [4.78, 5) is 0. The molecule has 1 atom stereocenters. The zero-order valence-electron chi connectivity index (χ0n) is 18.4. The van der Waals surface area contributed by atoms with Crippen LogP contribution in [0.3, 0.4) is 0 Å². The fourth-order valence-electron chi connectivity index (χ4n) is 4.21. The van der Waals surface area contributed by atoms with Crippen molar-refractivity contribution in [2.24, 2.45) is 0 Å². The molecular formula is C26H38O2. The summed E-state index contributed by atoms with van der Waals surface area (Å²) in [6.45, 7) is 10.7. The van der Waals surface area contributed by atoms with Gasteiger partial charge in [-0.2, -0.15) is 0 Å². The Hall–Kier alpha value is -1.96. The number of aromatic hydroxyl groups is 2. The van der Waals surface area contributed by atoms with E-state index in [4.69, 9.17) is 0 Å². The third-order valence-electron chi connectivity index (χ3n) is 5.89. The van der Waals surface area contributed by atoms with E-state index in [0.717, 1.165) is 79.2 Å². The third-order valence-corrected chi connectivity index (χ3v) is 5.89. The molecule has 2 N–H and O–H groups in total. The standard InChI is InChI=1S/C26H38O2/c1-6-9-12-20-15-14-18(4)25(26(20)28)22(11-8-3)23-17-21(13-10-7-2)24(27)16-19(23)5/h14-17,22,27-28H,6-13H2,1-5H3. The number of aryl methyl sites for hydroxylation is 4. The Labute approximate surface area is 171 Å². The molecule has 2 rings (SSSR count). The average molecular weight is 383 g/mol. The summed E-state index contributed by atoms with van der Waals surface area (Å²) < 4.78 is 0. The van der Waals surface area contributed by atoms with Gasteiger partial charge in [0.15, 0.2) is 0 Å². The fraction of sp³-hybridized carbons (Fsp3) is 0.538. The lowest BCUT2D eigenvalue weighted by atomic mass is 9.80. The molecule has 0 heterocycles. The average Bonchev–Trinajstić information content (AvgIpc) is 2.66. The van der Waals surface area contributed by atoms with E-state index in [-0.39, 0.29) is 5.92 Å². The van der Waals surface area contributed by atoms with Crippen molar-refractivity contribution in [3.8, 4) is 11.5 Å². The normalized spacial score (nSPS) is 12.3.